The number of nitrogens with zero attached hydrogens (tertiary/aromatic N) is 2. The first kappa shape index (κ1) is 25.1. The second-order valence-corrected chi connectivity index (χ2v) is 9.53. The zero-order valence-corrected chi connectivity index (χ0v) is 20.8. The minimum atomic E-state index is -0.597. The molecule has 0 fully saturated rings. The molecule has 0 bridgehead atoms. The van der Waals surface area contributed by atoms with E-state index in [1.807, 2.05) is 32.0 Å². The molecule has 1 aliphatic heterocycles. The first-order valence-corrected chi connectivity index (χ1v) is 11.6. The summed E-state index contributed by atoms with van der Waals surface area (Å²) in [5.74, 6) is 0.00417. The van der Waals surface area contributed by atoms with Gasteiger partial charge in [0, 0.05) is 28.9 Å². The van der Waals surface area contributed by atoms with E-state index in [0.29, 0.717) is 22.7 Å². The van der Waals surface area contributed by atoms with Crippen LogP contribution in [-0.4, -0.2) is 35.0 Å². The maximum absolute atomic E-state index is 13.1. The lowest BCUT2D eigenvalue weighted by Gasteiger charge is -2.29. The molecule has 184 valence electrons. The number of hydrogen-bond donors (Lipinski definition) is 1. The number of non-ortho nitro benzene ring substituents is 1. The highest BCUT2D eigenvalue weighted by Crippen LogP contribution is 2.31. The third-order valence-electron chi connectivity index (χ3n) is 5.89. The van der Waals surface area contributed by atoms with Gasteiger partial charge >= 0.3 is 0 Å². The maximum atomic E-state index is 13.1. The molecule has 0 radical (unpaired) electrons. The smallest absolute Gasteiger partial charge is 0.270 e. The fourth-order valence-corrected chi connectivity index (χ4v) is 4.37. The van der Waals surface area contributed by atoms with Crippen molar-refractivity contribution in [3.8, 4) is 5.75 Å². The molecule has 1 N–H and O–H groups in total. The van der Waals surface area contributed by atoms with Crippen molar-refractivity contribution < 1.29 is 19.2 Å². The topological polar surface area (TPSA) is 111 Å². The Morgan fingerprint density at radius 2 is 1.83 bits per heavy atom. The predicted octanol–water partition coefficient (Wildman–Crippen LogP) is 5.91. The molecule has 0 spiro atoms. The minimum Gasteiger partial charge on any atom is -0.497 e. The third kappa shape index (κ3) is 5.44. The molecular weight excluding hydrogens is 482 g/mol. The quantitative estimate of drug-likeness (QED) is 0.244. The molecular formula is C27H24ClN3O5. The van der Waals surface area contributed by atoms with Crippen LogP contribution in [0.5, 0.6) is 5.75 Å². The fraction of sp³-hybridized carbons (Fsp3) is 0.222. The van der Waals surface area contributed by atoms with Crippen molar-refractivity contribution in [3.05, 3.63) is 98.1 Å². The number of nitro benzene ring substituents is 1. The van der Waals surface area contributed by atoms with Crippen molar-refractivity contribution in [2.45, 2.75) is 32.2 Å². The number of fused-ring (bicyclic) bond motifs is 1. The van der Waals surface area contributed by atoms with Crippen LogP contribution in [0.25, 0.3) is 0 Å². The van der Waals surface area contributed by atoms with E-state index in [9.17, 15) is 19.7 Å². The summed E-state index contributed by atoms with van der Waals surface area (Å²) in [6, 6.07) is 15.9. The van der Waals surface area contributed by atoms with Crippen molar-refractivity contribution in [3.63, 3.8) is 0 Å². The van der Waals surface area contributed by atoms with Gasteiger partial charge in [0.15, 0.2) is 5.78 Å². The van der Waals surface area contributed by atoms with Crippen LogP contribution in [0.2, 0.25) is 5.02 Å². The second-order valence-electron chi connectivity index (χ2n) is 9.12. The average Bonchev–Trinajstić information content (AvgIpc) is 2.83. The number of benzene rings is 3. The summed E-state index contributed by atoms with van der Waals surface area (Å²) in [7, 11) is 1.60. The summed E-state index contributed by atoms with van der Waals surface area (Å²) in [6.07, 6.45) is 0.894. The van der Waals surface area contributed by atoms with Crippen LogP contribution in [0.3, 0.4) is 0 Å². The van der Waals surface area contributed by atoms with Crippen molar-refractivity contribution in [1.29, 1.82) is 0 Å². The largest absolute Gasteiger partial charge is 0.497 e. The zero-order chi connectivity index (χ0) is 26.0. The van der Waals surface area contributed by atoms with E-state index < -0.39 is 10.8 Å². The molecule has 0 aliphatic carbocycles. The lowest BCUT2D eigenvalue weighted by Crippen LogP contribution is -2.30. The number of anilines is 1. The van der Waals surface area contributed by atoms with Gasteiger partial charge in [-0.3, -0.25) is 24.7 Å². The van der Waals surface area contributed by atoms with Gasteiger partial charge in [0.1, 0.15) is 5.75 Å². The number of halogens is 1. The number of Topliss-reactive ketones (excluding diaryl/α,β-unsaturated/α-hetero) is 1. The van der Waals surface area contributed by atoms with E-state index in [-0.39, 0.29) is 34.0 Å². The molecule has 3 aromatic rings. The van der Waals surface area contributed by atoms with E-state index in [1.54, 1.807) is 31.4 Å². The molecule has 4 rings (SSSR count). The van der Waals surface area contributed by atoms with Crippen LogP contribution in [0, 0.1) is 10.1 Å². The molecule has 8 nitrogen and oxygen atoms in total. The van der Waals surface area contributed by atoms with Crippen LogP contribution in [-0.2, 0) is 6.42 Å². The fourth-order valence-electron chi connectivity index (χ4n) is 4.16. The number of nitro groups is 1. The summed E-state index contributed by atoms with van der Waals surface area (Å²) >= 11 is 6.05. The molecule has 1 amide bonds. The summed E-state index contributed by atoms with van der Waals surface area (Å²) in [5, 5.41) is 13.8. The molecule has 1 heterocycles. The van der Waals surface area contributed by atoms with Crippen molar-refractivity contribution in [1.82, 2.24) is 0 Å². The van der Waals surface area contributed by atoms with Gasteiger partial charge in [-0.25, -0.2) is 0 Å². The van der Waals surface area contributed by atoms with Gasteiger partial charge < -0.3 is 10.1 Å². The Balaban J connectivity index is 1.50. The predicted molar refractivity (Wildman–Crippen MR) is 139 cm³/mol. The number of methoxy groups -OCH3 is 1. The third-order valence-corrected chi connectivity index (χ3v) is 6.22. The van der Waals surface area contributed by atoms with Crippen LogP contribution < -0.4 is 10.1 Å². The molecule has 0 saturated heterocycles. The highest BCUT2D eigenvalue weighted by molar-refractivity contribution is 6.34. The molecule has 0 unspecified atom stereocenters. The van der Waals surface area contributed by atoms with Crippen molar-refractivity contribution >= 4 is 40.4 Å². The summed E-state index contributed by atoms with van der Waals surface area (Å²) in [4.78, 5) is 41.0. The standard InChI is InChI=1S/C27H24ClN3O5/c1-27(2)15-17-6-10-20(36-3)13-21(17)24(30-27)14-25(32)16-4-7-18(8-5-16)29-26(33)22-12-19(31(34)35)9-11-23(22)28/h4-13H,14-15H2,1-3H3,(H,29,33). The second kappa shape index (κ2) is 9.91. The van der Waals surface area contributed by atoms with Crippen LogP contribution >= 0.6 is 11.6 Å². The van der Waals surface area contributed by atoms with Gasteiger partial charge in [-0.15, -0.1) is 0 Å². The molecule has 1 aliphatic rings. The Hall–Kier alpha value is -4.04. The van der Waals surface area contributed by atoms with Crippen LogP contribution in [0.4, 0.5) is 11.4 Å². The van der Waals surface area contributed by atoms with Gasteiger partial charge in [-0.2, -0.15) is 0 Å². The Kier molecular flexibility index (Phi) is 6.90. The zero-order valence-electron chi connectivity index (χ0n) is 20.0. The van der Waals surface area contributed by atoms with Crippen molar-refractivity contribution in [2.75, 3.05) is 12.4 Å². The lowest BCUT2D eigenvalue weighted by atomic mass is 9.85. The lowest BCUT2D eigenvalue weighted by molar-refractivity contribution is -0.384. The van der Waals surface area contributed by atoms with Crippen molar-refractivity contribution in [2.24, 2.45) is 4.99 Å². The minimum absolute atomic E-state index is 0.0157. The monoisotopic (exact) mass is 505 g/mol. The first-order valence-electron chi connectivity index (χ1n) is 11.2. The molecule has 3 aromatic carbocycles. The summed E-state index contributed by atoms with van der Waals surface area (Å²) in [6.45, 7) is 4.07. The van der Waals surface area contributed by atoms with E-state index in [1.165, 1.54) is 12.1 Å². The number of rotatable bonds is 7. The normalized spacial score (nSPS) is 13.8. The number of aliphatic imine (C=N–C) groups is 1. The number of carbonyl (C=O) groups excluding carboxylic acids is 2. The van der Waals surface area contributed by atoms with Gasteiger partial charge in [-0.1, -0.05) is 17.7 Å². The average molecular weight is 506 g/mol. The molecule has 0 atom stereocenters. The number of amides is 1. The molecule has 0 aromatic heterocycles. The Morgan fingerprint density at radius 3 is 2.50 bits per heavy atom. The molecule has 9 heteroatoms. The van der Waals surface area contributed by atoms with E-state index >= 15 is 0 Å². The summed E-state index contributed by atoms with van der Waals surface area (Å²) in [5.41, 5.74) is 3.07. The van der Waals surface area contributed by atoms with E-state index in [2.05, 4.69) is 5.32 Å². The highest BCUT2D eigenvalue weighted by atomic mass is 35.5. The number of ketones is 1. The maximum Gasteiger partial charge on any atom is 0.270 e. The Bertz CT molecular complexity index is 1400. The number of ether oxygens (including phenoxy) is 1. The van der Waals surface area contributed by atoms with Gasteiger partial charge in [0.05, 0.1) is 40.3 Å². The number of nitrogens with one attached hydrogen (secondary N) is 1. The highest BCUT2D eigenvalue weighted by Gasteiger charge is 2.28. The summed E-state index contributed by atoms with van der Waals surface area (Å²) < 4.78 is 5.36. The first-order chi connectivity index (χ1) is 17.1. The van der Waals surface area contributed by atoms with Crippen LogP contribution in [0.1, 0.15) is 52.1 Å². The molecule has 36 heavy (non-hydrogen) atoms. The van der Waals surface area contributed by atoms with Crippen LogP contribution in [0.15, 0.2) is 65.7 Å². The van der Waals surface area contributed by atoms with Gasteiger partial charge in [-0.05, 0) is 68.3 Å². The SMILES string of the molecule is COc1ccc2c(c1)C(CC(=O)c1ccc(NC(=O)c3cc([N+](=O)[O-])ccc3Cl)cc1)=NC(C)(C)C2. The van der Waals surface area contributed by atoms with E-state index in [0.717, 1.165) is 23.6 Å². The van der Waals surface area contributed by atoms with Gasteiger partial charge in [0.25, 0.3) is 11.6 Å². The van der Waals surface area contributed by atoms with E-state index in [4.69, 9.17) is 21.3 Å². The Labute approximate surface area is 213 Å². The Morgan fingerprint density at radius 1 is 1.11 bits per heavy atom. The number of carbonyl (C=O) groups is 2. The number of hydrogen-bond acceptors (Lipinski definition) is 6. The molecule has 0 saturated carbocycles. The van der Waals surface area contributed by atoms with Gasteiger partial charge in [0.2, 0.25) is 0 Å².